The van der Waals surface area contributed by atoms with Gasteiger partial charge in [-0.1, -0.05) is 33.3 Å². The lowest BCUT2D eigenvalue weighted by molar-refractivity contribution is 0.603. The zero-order valence-electron chi connectivity index (χ0n) is 8.35. The summed E-state index contributed by atoms with van der Waals surface area (Å²) in [6, 6.07) is 9.09. The third-order valence-electron chi connectivity index (χ3n) is 1.89. The highest BCUT2D eigenvalue weighted by atomic mass is 79.9. The van der Waals surface area contributed by atoms with Crippen LogP contribution >= 0.6 is 27.3 Å². The minimum absolute atomic E-state index is 0.0463. The number of sulfonamides is 1. The minimum atomic E-state index is -3.70. The van der Waals surface area contributed by atoms with Gasteiger partial charge in [0.25, 0.3) is 10.0 Å². The predicted octanol–water partition coefficient (Wildman–Crippen LogP) is 3.45. The molecule has 1 N–H and O–H groups in total. The predicted molar refractivity (Wildman–Crippen MR) is 69.2 cm³/mol. The van der Waals surface area contributed by atoms with Crippen LogP contribution in [0, 0.1) is 5.13 Å². The molecular formula is C10H7BrFNO2S2. The largest absolute Gasteiger partial charge is 0.279 e. The molecular weight excluding hydrogens is 329 g/mol. The van der Waals surface area contributed by atoms with Crippen molar-refractivity contribution in [2.45, 2.75) is 4.21 Å². The summed E-state index contributed by atoms with van der Waals surface area (Å²) in [7, 11) is -3.70. The van der Waals surface area contributed by atoms with E-state index < -0.39 is 15.2 Å². The van der Waals surface area contributed by atoms with Crippen LogP contribution in [0.25, 0.3) is 0 Å². The van der Waals surface area contributed by atoms with E-state index in [2.05, 4.69) is 20.7 Å². The molecule has 0 unspecified atom stereocenters. The Labute approximate surface area is 110 Å². The van der Waals surface area contributed by atoms with E-state index in [0.717, 1.165) is 10.5 Å². The highest BCUT2D eigenvalue weighted by Gasteiger charge is 2.17. The first-order valence-corrected chi connectivity index (χ1v) is 7.60. The van der Waals surface area contributed by atoms with Crippen LogP contribution < -0.4 is 4.72 Å². The van der Waals surface area contributed by atoms with Crippen LogP contribution in [0.2, 0.25) is 0 Å². The quantitative estimate of drug-likeness (QED) is 0.933. The van der Waals surface area contributed by atoms with Crippen molar-refractivity contribution in [1.29, 1.82) is 0 Å². The summed E-state index contributed by atoms with van der Waals surface area (Å²) in [4.78, 5) is 0. The molecule has 0 aliphatic heterocycles. The molecule has 0 aliphatic carbocycles. The first kappa shape index (κ1) is 12.5. The van der Waals surface area contributed by atoms with Crippen LogP contribution in [0.3, 0.4) is 0 Å². The van der Waals surface area contributed by atoms with Crippen molar-refractivity contribution in [3.05, 3.63) is 46.0 Å². The highest BCUT2D eigenvalue weighted by Crippen LogP contribution is 2.24. The summed E-state index contributed by atoms with van der Waals surface area (Å²) in [5.74, 6) is 0. The number of halogens is 2. The monoisotopic (exact) mass is 335 g/mol. The molecule has 0 bridgehead atoms. The summed E-state index contributed by atoms with van der Waals surface area (Å²) in [6.07, 6.45) is 0. The van der Waals surface area contributed by atoms with Gasteiger partial charge in [-0.25, -0.2) is 8.42 Å². The Balaban J connectivity index is 2.29. The number of anilines is 1. The Bertz CT molecular complexity index is 639. The van der Waals surface area contributed by atoms with Crippen LogP contribution in [0.4, 0.5) is 10.1 Å². The third-order valence-corrected chi connectivity index (χ3v) is 5.13. The number of hydrogen-bond donors (Lipinski definition) is 1. The average Bonchev–Trinajstić information content (AvgIpc) is 2.65. The standard InChI is InChI=1S/C10H7BrFNO2S2/c11-7-2-1-3-8(6-7)13-17(14,15)10-5-4-9(12)16-10/h1-6,13H. The number of nitrogens with one attached hydrogen (secondary N) is 1. The van der Waals surface area contributed by atoms with Crippen LogP contribution in [0.5, 0.6) is 0 Å². The molecule has 0 amide bonds. The number of rotatable bonds is 3. The maximum atomic E-state index is 12.8. The molecule has 90 valence electrons. The molecule has 0 radical (unpaired) electrons. The summed E-state index contributed by atoms with van der Waals surface area (Å²) in [5, 5.41) is -0.528. The molecule has 2 aromatic rings. The fourth-order valence-electron chi connectivity index (χ4n) is 1.20. The molecule has 17 heavy (non-hydrogen) atoms. The fraction of sp³-hybridized carbons (Fsp3) is 0. The van der Waals surface area contributed by atoms with Gasteiger partial charge >= 0.3 is 0 Å². The van der Waals surface area contributed by atoms with E-state index in [1.54, 1.807) is 24.3 Å². The second-order valence-corrected chi connectivity index (χ2v) is 7.03. The highest BCUT2D eigenvalue weighted by molar-refractivity contribution is 9.10. The molecule has 1 aromatic carbocycles. The number of thiophene rings is 1. The van der Waals surface area contributed by atoms with Gasteiger partial charge in [-0.2, -0.15) is 4.39 Å². The van der Waals surface area contributed by atoms with E-state index in [4.69, 9.17) is 0 Å². The Morgan fingerprint density at radius 1 is 1.24 bits per heavy atom. The maximum absolute atomic E-state index is 12.8. The Hall–Kier alpha value is -0.920. The van der Waals surface area contributed by atoms with E-state index >= 15 is 0 Å². The lowest BCUT2D eigenvalue weighted by Crippen LogP contribution is -2.11. The van der Waals surface area contributed by atoms with Crippen LogP contribution in [-0.2, 0) is 10.0 Å². The number of hydrogen-bond acceptors (Lipinski definition) is 3. The Morgan fingerprint density at radius 2 is 2.00 bits per heavy atom. The Morgan fingerprint density at radius 3 is 2.59 bits per heavy atom. The third kappa shape index (κ3) is 3.05. The molecule has 0 saturated carbocycles. The molecule has 2 rings (SSSR count). The summed E-state index contributed by atoms with van der Waals surface area (Å²) < 4.78 is 39.6. The van der Waals surface area contributed by atoms with E-state index in [0.29, 0.717) is 17.0 Å². The molecule has 0 saturated heterocycles. The van der Waals surface area contributed by atoms with Crippen molar-refractivity contribution in [3.63, 3.8) is 0 Å². The molecule has 0 spiro atoms. The summed E-state index contributed by atoms with van der Waals surface area (Å²) in [6.45, 7) is 0. The van der Waals surface area contributed by atoms with Crippen molar-refractivity contribution in [3.8, 4) is 0 Å². The van der Waals surface area contributed by atoms with Crippen LogP contribution in [0.15, 0.2) is 45.1 Å². The van der Waals surface area contributed by atoms with Gasteiger partial charge in [0.1, 0.15) is 4.21 Å². The zero-order valence-corrected chi connectivity index (χ0v) is 11.6. The SMILES string of the molecule is O=S(=O)(Nc1cccc(Br)c1)c1ccc(F)s1. The van der Waals surface area contributed by atoms with Gasteiger partial charge < -0.3 is 0 Å². The van der Waals surface area contributed by atoms with E-state index in [1.165, 1.54) is 6.07 Å². The average molecular weight is 336 g/mol. The maximum Gasteiger partial charge on any atom is 0.271 e. The van der Waals surface area contributed by atoms with Crippen molar-refractivity contribution < 1.29 is 12.8 Å². The van der Waals surface area contributed by atoms with Crippen LogP contribution in [0.1, 0.15) is 0 Å². The normalized spacial score (nSPS) is 11.4. The fourth-order valence-corrected chi connectivity index (χ4v) is 3.65. The lowest BCUT2D eigenvalue weighted by Gasteiger charge is -2.05. The molecule has 0 aliphatic rings. The number of benzene rings is 1. The summed E-state index contributed by atoms with van der Waals surface area (Å²) in [5.41, 5.74) is 0.424. The van der Waals surface area contributed by atoms with Crippen molar-refractivity contribution in [2.24, 2.45) is 0 Å². The Kier molecular flexibility index (Phi) is 3.50. The van der Waals surface area contributed by atoms with Crippen molar-refractivity contribution in [1.82, 2.24) is 0 Å². The summed E-state index contributed by atoms with van der Waals surface area (Å²) >= 11 is 3.83. The second-order valence-electron chi connectivity index (χ2n) is 3.17. The van der Waals surface area contributed by atoms with Gasteiger partial charge in [0.05, 0.1) is 0 Å². The molecule has 0 atom stereocenters. The zero-order chi connectivity index (χ0) is 12.5. The molecule has 0 fully saturated rings. The van der Waals surface area contributed by atoms with Gasteiger partial charge in [0.15, 0.2) is 5.13 Å². The van der Waals surface area contributed by atoms with Crippen molar-refractivity contribution in [2.75, 3.05) is 4.72 Å². The molecule has 7 heteroatoms. The van der Waals surface area contributed by atoms with Crippen molar-refractivity contribution >= 4 is 43.0 Å². The van der Waals surface area contributed by atoms with E-state index in [9.17, 15) is 12.8 Å². The first-order valence-electron chi connectivity index (χ1n) is 4.51. The van der Waals surface area contributed by atoms with Gasteiger partial charge in [0.2, 0.25) is 0 Å². The smallest absolute Gasteiger partial charge is 0.271 e. The minimum Gasteiger partial charge on any atom is -0.279 e. The van der Waals surface area contributed by atoms with Gasteiger partial charge in [-0.3, -0.25) is 4.72 Å². The first-order chi connectivity index (χ1) is 7.97. The van der Waals surface area contributed by atoms with Gasteiger partial charge in [-0.15, -0.1) is 0 Å². The lowest BCUT2D eigenvalue weighted by atomic mass is 10.3. The molecule has 3 nitrogen and oxygen atoms in total. The van der Waals surface area contributed by atoms with E-state index in [1.807, 2.05) is 0 Å². The van der Waals surface area contributed by atoms with Crippen LogP contribution in [-0.4, -0.2) is 8.42 Å². The second kappa shape index (κ2) is 4.75. The van der Waals surface area contributed by atoms with E-state index in [-0.39, 0.29) is 4.21 Å². The molecule has 1 aromatic heterocycles. The topological polar surface area (TPSA) is 46.2 Å². The van der Waals surface area contributed by atoms with Gasteiger partial charge in [0, 0.05) is 10.2 Å². The molecule has 1 heterocycles. The van der Waals surface area contributed by atoms with Gasteiger partial charge in [-0.05, 0) is 30.3 Å².